The van der Waals surface area contributed by atoms with Crippen molar-refractivity contribution in [2.24, 2.45) is 5.73 Å². The summed E-state index contributed by atoms with van der Waals surface area (Å²) in [6, 6.07) is 10.6. The summed E-state index contributed by atoms with van der Waals surface area (Å²) in [4.78, 5) is 32.5. The maximum absolute atomic E-state index is 14.4. The van der Waals surface area contributed by atoms with Gasteiger partial charge < -0.3 is 10.6 Å². The average molecular weight is 489 g/mol. The summed E-state index contributed by atoms with van der Waals surface area (Å²) in [5, 5.41) is 0.434. The molecule has 0 spiro atoms. The van der Waals surface area contributed by atoms with Gasteiger partial charge in [0, 0.05) is 48.5 Å². The first-order valence-corrected chi connectivity index (χ1v) is 10.9. The summed E-state index contributed by atoms with van der Waals surface area (Å²) < 4.78 is 14.4. The van der Waals surface area contributed by atoms with Crippen molar-refractivity contribution in [3.8, 4) is 11.1 Å². The van der Waals surface area contributed by atoms with Crippen LogP contribution >= 0.6 is 23.2 Å². The molecule has 3 rings (SSSR count). The fourth-order valence-corrected chi connectivity index (χ4v) is 3.92. The summed E-state index contributed by atoms with van der Waals surface area (Å²) in [6.45, 7) is 2.70. The summed E-state index contributed by atoms with van der Waals surface area (Å²) in [5.41, 5.74) is 7.33. The van der Waals surface area contributed by atoms with Crippen LogP contribution in [0.15, 0.2) is 48.7 Å². The zero-order valence-electron chi connectivity index (χ0n) is 18.4. The lowest BCUT2D eigenvalue weighted by Gasteiger charge is -2.26. The van der Waals surface area contributed by atoms with Crippen LogP contribution in [0.2, 0.25) is 10.0 Å². The lowest BCUT2D eigenvalue weighted by molar-refractivity contribution is 0.0984. The number of primary amides is 1. The molecular formula is C24H23Cl2FN4O2. The number of amides is 2. The van der Waals surface area contributed by atoms with Crippen LogP contribution in [-0.4, -0.2) is 37.4 Å². The van der Waals surface area contributed by atoms with E-state index in [1.54, 1.807) is 18.2 Å². The van der Waals surface area contributed by atoms with E-state index >= 15 is 0 Å². The third-order valence-corrected chi connectivity index (χ3v) is 5.82. The van der Waals surface area contributed by atoms with Crippen LogP contribution < -0.4 is 15.5 Å². The Labute approximate surface area is 201 Å². The SMILES string of the molecule is CCCN(C)c1cc(-c2cc(C(N)=O)ccc2Cl)cnc1N(C)C(=O)c1c(F)cccc1Cl. The molecule has 172 valence electrons. The van der Waals surface area contributed by atoms with E-state index < -0.39 is 17.6 Å². The van der Waals surface area contributed by atoms with Gasteiger partial charge in [0.05, 0.1) is 16.3 Å². The van der Waals surface area contributed by atoms with E-state index in [0.29, 0.717) is 39.8 Å². The number of benzene rings is 2. The maximum Gasteiger partial charge on any atom is 0.263 e. The summed E-state index contributed by atoms with van der Waals surface area (Å²) in [5.74, 6) is -1.60. The number of hydrogen-bond acceptors (Lipinski definition) is 4. The molecule has 0 saturated carbocycles. The molecule has 3 aromatic rings. The highest BCUT2D eigenvalue weighted by molar-refractivity contribution is 6.34. The Balaban J connectivity index is 2.12. The van der Waals surface area contributed by atoms with E-state index in [1.807, 2.05) is 24.9 Å². The standard InChI is InChI=1S/C24H23Cl2FN4O2/c1-4-10-30(2)20-12-15(16-11-14(22(28)32)8-9-17(16)25)13-29-23(20)31(3)24(33)21-18(26)6-5-7-19(21)27/h5-9,11-13H,4,10H2,1-3H3,(H2,28,32). The van der Waals surface area contributed by atoms with Crippen LogP contribution in [0, 0.1) is 5.82 Å². The first-order chi connectivity index (χ1) is 15.6. The molecule has 2 aromatic carbocycles. The number of rotatable bonds is 7. The van der Waals surface area contributed by atoms with E-state index in [-0.39, 0.29) is 10.6 Å². The first kappa shape index (κ1) is 24.5. The normalized spacial score (nSPS) is 10.7. The second-order valence-corrected chi connectivity index (χ2v) is 8.32. The fraction of sp³-hybridized carbons (Fsp3) is 0.208. The highest BCUT2D eigenvalue weighted by atomic mass is 35.5. The first-order valence-electron chi connectivity index (χ1n) is 10.2. The number of carbonyl (C=O) groups is 2. The average Bonchev–Trinajstić information content (AvgIpc) is 2.78. The molecule has 2 N–H and O–H groups in total. The topological polar surface area (TPSA) is 79.5 Å². The molecule has 0 unspecified atom stereocenters. The minimum absolute atomic E-state index is 0.0157. The molecule has 6 nitrogen and oxygen atoms in total. The van der Waals surface area contributed by atoms with Crippen molar-refractivity contribution in [3.05, 3.63) is 75.7 Å². The molecule has 33 heavy (non-hydrogen) atoms. The van der Waals surface area contributed by atoms with Gasteiger partial charge in [0.25, 0.3) is 5.91 Å². The van der Waals surface area contributed by atoms with Crippen molar-refractivity contribution >= 4 is 46.5 Å². The number of halogens is 3. The van der Waals surface area contributed by atoms with Crippen molar-refractivity contribution < 1.29 is 14.0 Å². The Bertz CT molecular complexity index is 1200. The van der Waals surface area contributed by atoms with Crippen LogP contribution in [0.5, 0.6) is 0 Å². The molecule has 0 radical (unpaired) electrons. The molecule has 0 fully saturated rings. The number of aromatic nitrogens is 1. The molecule has 0 saturated heterocycles. The molecule has 9 heteroatoms. The van der Waals surface area contributed by atoms with Crippen molar-refractivity contribution in [2.75, 3.05) is 30.4 Å². The number of nitrogens with two attached hydrogens (primary N) is 1. The number of anilines is 2. The molecule has 0 aliphatic rings. The van der Waals surface area contributed by atoms with Crippen molar-refractivity contribution in [2.45, 2.75) is 13.3 Å². The van der Waals surface area contributed by atoms with Crippen molar-refractivity contribution in [3.63, 3.8) is 0 Å². The van der Waals surface area contributed by atoms with Gasteiger partial charge in [0.1, 0.15) is 5.82 Å². The van der Waals surface area contributed by atoms with Gasteiger partial charge >= 0.3 is 0 Å². The molecule has 0 atom stereocenters. The van der Waals surface area contributed by atoms with Crippen LogP contribution in [-0.2, 0) is 0 Å². The molecule has 0 bridgehead atoms. The summed E-state index contributed by atoms with van der Waals surface area (Å²) in [6.07, 6.45) is 2.38. The van der Waals surface area contributed by atoms with Crippen LogP contribution in [0.3, 0.4) is 0 Å². The molecular weight excluding hydrogens is 466 g/mol. The molecule has 2 amide bonds. The Kier molecular flexibility index (Phi) is 7.56. The number of nitrogens with zero attached hydrogens (tertiary/aromatic N) is 3. The largest absolute Gasteiger partial charge is 0.372 e. The quantitative estimate of drug-likeness (QED) is 0.481. The minimum atomic E-state index is -0.713. The third-order valence-electron chi connectivity index (χ3n) is 5.18. The molecule has 0 aliphatic carbocycles. The second kappa shape index (κ2) is 10.2. The zero-order chi connectivity index (χ0) is 24.3. The predicted octanol–water partition coefficient (Wildman–Crippen LogP) is 5.42. The summed E-state index contributed by atoms with van der Waals surface area (Å²) >= 11 is 12.5. The van der Waals surface area contributed by atoms with Crippen molar-refractivity contribution in [1.29, 1.82) is 0 Å². The Morgan fingerprint density at radius 1 is 1.09 bits per heavy atom. The number of pyridine rings is 1. The van der Waals surface area contributed by atoms with Gasteiger partial charge in [-0.05, 0) is 42.8 Å². The van der Waals surface area contributed by atoms with Crippen LogP contribution in [0.25, 0.3) is 11.1 Å². The maximum atomic E-state index is 14.4. The van der Waals surface area contributed by atoms with E-state index in [1.165, 1.54) is 36.3 Å². The summed E-state index contributed by atoms with van der Waals surface area (Å²) in [7, 11) is 3.38. The lowest BCUT2D eigenvalue weighted by Crippen LogP contribution is -2.31. The van der Waals surface area contributed by atoms with Crippen LogP contribution in [0.4, 0.5) is 15.9 Å². The Morgan fingerprint density at radius 2 is 1.82 bits per heavy atom. The molecule has 0 aliphatic heterocycles. The van der Waals surface area contributed by atoms with E-state index in [4.69, 9.17) is 28.9 Å². The van der Waals surface area contributed by atoms with Gasteiger partial charge in [-0.15, -0.1) is 0 Å². The monoisotopic (exact) mass is 488 g/mol. The Hall–Kier alpha value is -3.16. The lowest BCUT2D eigenvalue weighted by atomic mass is 10.0. The van der Waals surface area contributed by atoms with Gasteiger partial charge in [0.15, 0.2) is 5.82 Å². The molecule has 1 heterocycles. The van der Waals surface area contributed by atoms with Gasteiger partial charge in [-0.3, -0.25) is 14.5 Å². The number of hydrogen-bond donors (Lipinski definition) is 1. The number of carbonyl (C=O) groups excluding carboxylic acids is 2. The van der Waals surface area contributed by atoms with E-state index in [9.17, 15) is 14.0 Å². The smallest absolute Gasteiger partial charge is 0.263 e. The van der Waals surface area contributed by atoms with Gasteiger partial charge in [-0.1, -0.05) is 36.2 Å². The van der Waals surface area contributed by atoms with Gasteiger partial charge in [-0.2, -0.15) is 0 Å². The van der Waals surface area contributed by atoms with E-state index in [2.05, 4.69) is 4.98 Å². The Morgan fingerprint density at radius 3 is 2.45 bits per heavy atom. The minimum Gasteiger partial charge on any atom is -0.372 e. The fourth-order valence-electron chi connectivity index (χ4n) is 3.45. The van der Waals surface area contributed by atoms with Crippen LogP contribution in [0.1, 0.15) is 34.1 Å². The van der Waals surface area contributed by atoms with E-state index in [0.717, 1.165) is 6.42 Å². The second-order valence-electron chi connectivity index (χ2n) is 7.51. The highest BCUT2D eigenvalue weighted by Gasteiger charge is 2.25. The molecule has 1 aromatic heterocycles. The third kappa shape index (κ3) is 5.10. The highest BCUT2D eigenvalue weighted by Crippen LogP contribution is 2.35. The van der Waals surface area contributed by atoms with Gasteiger partial charge in [0.2, 0.25) is 5.91 Å². The van der Waals surface area contributed by atoms with Gasteiger partial charge in [-0.25, -0.2) is 9.37 Å². The zero-order valence-corrected chi connectivity index (χ0v) is 19.9. The van der Waals surface area contributed by atoms with Crippen molar-refractivity contribution in [1.82, 2.24) is 4.98 Å². The predicted molar refractivity (Wildman–Crippen MR) is 131 cm³/mol.